The Hall–Kier alpha value is -2.40. The van der Waals surface area contributed by atoms with Crippen molar-refractivity contribution in [3.8, 4) is 0 Å². The van der Waals surface area contributed by atoms with Crippen molar-refractivity contribution in [2.24, 2.45) is 21.7 Å². The van der Waals surface area contributed by atoms with Gasteiger partial charge in [-0.1, -0.05) is 0 Å². The minimum atomic E-state index is -1.72. The largest absolute Gasteiger partial charge is 0.462 e. The van der Waals surface area contributed by atoms with Crippen molar-refractivity contribution < 1.29 is 72.4 Å². The normalized spacial score (nSPS) is 31.8. The van der Waals surface area contributed by atoms with Crippen molar-refractivity contribution in [2.75, 3.05) is 20.3 Å². The summed E-state index contributed by atoms with van der Waals surface area (Å²) in [7, 11) is 1.24. The zero-order valence-electron chi connectivity index (χ0n) is 30.4. The summed E-state index contributed by atoms with van der Waals surface area (Å²) < 4.78 is 46.3. The lowest BCUT2D eigenvalue weighted by Gasteiger charge is -2.48. The van der Waals surface area contributed by atoms with Crippen molar-refractivity contribution in [3.63, 3.8) is 0 Å². The van der Waals surface area contributed by atoms with Crippen LogP contribution in [0.2, 0.25) is 0 Å². The van der Waals surface area contributed by atoms with Crippen molar-refractivity contribution in [2.45, 2.75) is 144 Å². The summed E-state index contributed by atoms with van der Waals surface area (Å²) in [4.78, 5) is 53.0. The van der Waals surface area contributed by atoms with Crippen LogP contribution in [0.3, 0.4) is 0 Å². The second-order valence-corrected chi connectivity index (χ2v) is 16.3. The van der Waals surface area contributed by atoms with E-state index in [1.54, 1.807) is 83.1 Å². The van der Waals surface area contributed by atoms with Gasteiger partial charge in [0.05, 0.1) is 28.3 Å². The lowest BCUT2D eigenvalue weighted by molar-refractivity contribution is -0.359. The Bertz CT molecular complexity index is 1120. The van der Waals surface area contributed by atoms with E-state index in [9.17, 15) is 34.5 Å². The third-order valence-corrected chi connectivity index (χ3v) is 7.49. The fourth-order valence-electron chi connectivity index (χ4n) is 4.37. The average Bonchev–Trinajstić information content (AvgIpc) is 2.94. The zero-order valence-corrected chi connectivity index (χ0v) is 30.4. The topological polar surface area (TPSA) is 203 Å². The molecule has 2 aliphatic heterocycles. The molecule has 0 bridgehead atoms. The number of aliphatic hydroxyl groups is 3. The van der Waals surface area contributed by atoms with Gasteiger partial charge < -0.3 is 53.2 Å². The van der Waals surface area contributed by atoms with E-state index in [1.807, 2.05) is 0 Å². The number of hydrogen-bond acceptors (Lipinski definition) is 15. The Morgan fingerprint density at radius 1 is 0.562 bits per heavy atom. The van der Waals surface area contributed by atoms with Crippen LogP contribution < -0.4 is 0 Å². The van der Waals surface area contributed by atoms with Crippen LogP contribution in [-0.2, 0) is 57.1 Å². The molecule has 0 amide bonds. The molecule has 10 atom stereocenters. The first-order valence-electron chi connectivity index (χ1n) is 16.0. The summed E-state index contributed by atoms with van der Waals surface area (Å²) in [5.74, 6) is -2.90. The zero-order chi connectivity index (χ0) is 37.2. The minimum Gasteiger partial charge on any atom is -0.462 e. The molecule has 2 aliphatic rings. The highest BCUT2D eigenvalue weighted by molar-refractivity contribution is 5.78. The van der Waals surface area contributed by atoms with E-state index >= 15 is 0 Å². The molecule has 0 aromatic rings. The monoisotopic (exact) mass is 692 g/mol. The maximum Gasteiger partial charge on any atom is 0.311 e. The van der Waals surface area contributed by atoms with Crippen molar-refractivity contribution in [1.29, 1.82) is 0 Å². The number of carbonyl (C=O) groups is 4. The Kier molecular flexibility index (Phi) is 13.6. The van der Waals surface area contributed by atoms with Gasteiger partial charge in [-0.25, -0.2) is 0 Å². The first-order valence-corrected chi connectivity index (χ1v) is 16.0. The van der Waals surface area contributed by atoms with Gasteiger partial charge in [0, 0.05) is 7.11 Å². The molecular formula is C33H56O15. The van der Waals surface area contributed by atoms with Gasteiger partial charge in [0.15, 0.2) is 30.9 Å². The Labute approximate surface area is 282 Å². The quantitative estimate of drug-likeness (QED) is 0.232. The molecule has 0 aromatic carbocycles. The van der Waals surface area contributed by atoms with E-state index in [0.29, 0.717) is 0 Å². The molecule has 0 aliphatic carbocycles. The molecule has 0 radical (unpaired) electrons. The maximum atomic E-state index is 13.4. The van der Waals surface area contributed by atoms with E-state index in [4.69, 9.17) is 37.9 Å². The smallest absolute Gasteiger partial charge is 0.311 e. The molecular weight excluding hydrogens is 636 g/mol. The lowest BCUT2D eigenvalue weighted by Crippen LogP contribution is -2.67. The highest BCUT2D eigenvalue weighted by Crippen LogP contribution is 2.36. The SMILES string of the molecule is CO[C@@H]1O[C@H](CO)[C@H](O[C@@H]2O[C@H](COC(=O)C(C)(C)C)[C@@H](OC(=O)C(C)(C)C)[C@H](OC(=O)C(C)(C)C)[C@H]2OC(=O)C(C)(C)C)[C@H](O)[C@H]1O. The summed E-state index contributed by atoms with van der Waals surface area (Å²) in [6.07, 6.45) is -15.3. The summed E-state index contributed by atoms with van der Waals surface area (Å²) in [5.41, 5.74) is -4.17. The molecule has 0 unspecified atom stereocenters. The number of rotatable bonds is 9. The molecule has 2 heterocycles. The van der Waals surface area contributed by atoms with E-state index in [2.05, 4.69) is 0 Å². The number of aliphatic hydroxyl groups excluding tert-OH is 3. The highest BCUT2D eigenvalue weighted by atomic mass is 16.8. The Morgan fingerprint density at radius 3 is 1.40 bits per heavy atom. The van der Waals surface area contributed by atoms with Gasteiger partial charge in [0.25, 0.3) is 0 Å². The standard InChI is InChI=1S/C33H56O15/c1-30(2,3)26(37)42-15-17-21(46-27(38)31(4,5)6)22(47-28(39)32(7,8)9)23(48-29(40)33(10,11)12)25(44-17)45-20-16(14-34)43-24(41-13)19(36)18(20)35/h16-25,34-36H,14-15H2,1-13H3/t16-,17-,18-,19-,20+,21-,22+,23-,24-,25+/m1/s1. The minimum absolute atomic E-state index is 0.525. The molecule has 0 saturated carbocycles. The molecule has 2 rings (SSSR count). The Morgan fingerprint density at radius 2 is 0.979 bits per heavy atom. The second-order valence-electron chi connectivity index (χ2n) is 16.3. The summed E-state index contributed by atoms with van der Waals surface area (Å²) in [5, 5.41) is 31.8. The molecule has 15 heteroatoms. The third-order valence-electron chi connectivity index (χ3n) is 7.49. The molecule has 15 nitrogen and oxygen atoms in total. The summed E-state index contributed by atoms with van der Waals surface area (Å²) in [6, 6.07) is 0. The van der Waals surface area contributed by atoms with Crippen LogP contribution in [0.15, 0.2) is 0 Å². The van der Waals surface area contributed by atoms with E-state index < -0.39 is 120 Å². The van der Waals surface area contributed by atoms with Gasteiger partial charge in [0.1, 0.15) is 37.1 Å². The van der Waals surface area contributed by atoms with Crippen LogP contribution >= 0.6 is 0 Å². The highest BCUT2D eigenvalue weighted by Gasteiger charge is 2.57. The number of ether oxygens (including phenoxy) is 8. The molecule has 0 aromatic heterocycles. The van der Waals surface area contributed by atoms with Gasteiger partial charge >= 0.3 is 23.9 Å². The van der Waals surface area contributed by atoms with Crippen LogP contribution in [-0.4, -0.2) is 121 Å². The van der Waals surface area contributed by atoms with Crippen LogP contribution in [0.25, 0.3) is 0 Å². The maximum absolute atomic E-state index is 13.4. The van der Waals surface area contributed by atoms with E-state index in [0.717, 1.165) is 0 Å². The fraction of sp³-hybridized carbons (Fsp3) is 0.879. The van der Waals surface area contributed by atoms with Crippen LogP contribution in [0, 0.1) is 21.7 Å². The van der Waals surface area contributed by atoms with Gasteiger partial charge in [0.2, 0.25) is 0 Å². The number of carbonyl (C=O) groups excluding carboxylic acids is 4. The fourth-order valence-corrected chi connectivity index (χ4v) is 4.37. The van der Waals surface area contributed by atoms with Gasteiger partial charge in [-0.3, -0.25) is 19.2 Å². The molecule has 2 saturated heterocycles. The molecule has 2 fully saturated rings. The van der Waals surface area contributed by atoms with Crippen LogP contribution in [0.5, 0.6) is 0 Å². The van der Waals surface area contributed by atoms with Crippen LogP contribution in [0.4, 0.5) is 0 Å². The average molecular weight is 693 g/mol. The van der Waals surface area contributed by atoms with Gasteiger partial charge in [-0.2, -0.15) is 0 Å². The predicted molar refractivity (Wildman–Crippen MR) is 167 cm³/mol. The number of methoxy groups -OCH3 is 1. The molecule has 278 valence electrons. The molecule has 0 spiro atoms. The number of esters is 4. The molecule has 48 heavy (non-hydrogen) atoms. The first kappa shape index (κ1) is 41.8. The predicted octanol–water partition coefficient (Wildman–Crippen LogP) is 1.64. The number of hydrogen-bond donors (Lipinski definition) is 3. The van der Waals surface area contributed by atoms with Crippen LogP contribution in [0.1, 0.15) is 83.1 Å². The van der Waals surface area contributed by atoms with Gasteiger partial charge in [-0.15, -0.1) is 0 Å². The second kappa shape index (κ2) is 15.7. The van der Waals surface area contributed by atoms with E-state index in [-0.39, 0.29) is 0 Å². The summed E-state index contributed by atoms with van der Waals surface area (Å²) in [6.45, 7) is 18.0. The van der Waals surface area contributed by atoms with Crippen molar-refractivity contribution in [1.82, 2.24) is 0 Å². The first-order chi connectivity index (χ1) is 21.7. The van der Waals surface area contributed by atoms with Gasteiger partial charge in [-0.05, 0) is 83.1 Å². The summed E-state index contributed by atoms with van der Waals surface area (Å²) >= 11 is 0. The lowest BCUT2D eigenvalue weighted by atomic mass is 9.92. The van der Waals surface area contributed by atoms with Crippen molar-refractivity contribution >= 4 is 23.9 Å². The molecule has 3 N–H and O–H groups in total. The van der Waals surface area contributed by atoms with E-state index in [1.165, 1.54) is 7.11 Å². The Balaban J connectivity index is 2.76. The van der Waals surface area contributed by atoms with Crippen molar-refractivity contribution in [3.05, 3.63) is 0 Å². The third kappa shape index (κ3) is 10.6.